The van der Waals surface area contributed by atoms with Crippen molar-refractivity contribution < 1.29 is 14.3 Å². The van der Waals surface area contributed by atoms with E-state index in [2.05, 4.69) is 4.90 Å². The van der Waals surface area contributed by atoms with Gasteiger partial charge in [0.05, 0.1) is 19.3 Å². The fourth-order valence-corrected chi connectivity index (χ4v) is 4.44. The van der Waals surface area contributed by atoms with Crippen molar-refractivity contribution in [2.45, 2.75) is 37.9 Å². The first-order valence-electron chi connectivity index (χ1n) is 8.93. The molecule has 0 aliphatic carbocycles. The molecule has 3 aliphatic rings. The molecule has 1 amide bonds. The molecule has 3 heterocycles. The molecule has 128 valence electrons. The lowest BCUT2D eigenvalue weighted by Gasteiger charge is -2.48. The third kappa shape index (κ3) is 2.87. The summed E-state index contributed by atoms with van der Waals surface area (Å²) in [5, 5.41) is 0. The van der Waals surface area contributed by atoms with Crippen molar-refractivity contribution >= 4 is 11.7 Å². The van der Waals surface area contributed by atoms with Crippen LogP contribution in [0.1, 0.15) is 24.8 Å². The van der Waals surface area contributed by atoms with Crippen LogP contribution < -0.4 is 0 Å². The van der Waals surface area contributed by atoms with Gasteiger partial charge in [-0.25, -0.2) is 0 Å². The Bertz CT molecular complexity index is 612. The number of piperidine rings is 1. The number of ketones is 1. The lowest BCUT2D eigenvalue weighted by Crippen LogP contribution is -2.63. The number of carbonyl (C=O) groups is 2. The Labute approximate surface area is 142 Å². The zero-order valence-corrected chi connectivity index (χ0v) is 13.9. The first-order chi connectivity index (χ1) is 11.7. The van der Waals surface area contributed by atoms with E-state index in [1.165, 1.54) is 12.8 Å². The Morgan fingerprint density at radius 1 is 1.00 bits per heavy atom. The van der Waals surface area contributed by atoms with E-state index in [0.29, 0.717) is 26.2 Å². The number of likely N-dealkylation sites (tertiary alicyclic amines) is 2. The maximum atomic E-state index is 12.5. The number of nitrogens with zero attached hydrogens (tertiary/aromatic N) is 2. The topological polar surface area (TPSA) is 49.9 Å². The van der Waals surface area contributed by atoms with E-state index < -0.39 is 0 Å². The fraction of sp³-hybridized carbons (Fsp3) is 0.579. The summed E-state index contributed by atoms with van der Waals surface area (Å²) >= 11 is 0. The fourth-order valence-electron chi connectivity index (χ4n) is 4.44. The van der Waals surface area contributed by atoms with Crippen LogP contribution in [0, 0.1) is 5.92 Å². The first kappa shape index (κ1) is 15.8. The summed E-state index contributed by atoms with van der Waals surface area (Å²) < 4.78 is 5.87. The van der Waals surface area contributed by atoms with Gasteiger partial charge in [0.2, 0.25) is 5.78 Å². The number of amides is 1. The maximum Gasteiger partial charge on any atom is 0.290 e. The van der Waals surface area contributed by atoms with Crippen LogP contribution in [0.4, 0.5) is 0 Å². The Balaban J connectivity index is 1.58. The molecular weight excluding hydrogens is 304 g/mol. The molecular formula is C19H24N2O3. The molecule has 1 aromatic rings. The summed E-state index contributed by atoms with van der Waals surface area (Å²) in [6.07, 6.45) is 2.81. The number of Topliss-reactive ketones (excluding diaryl/α,β-unsaturated/α-hetero) is 1. The summed E-state index contributed by atoms with van der Waals surface area (Å²) in [6, 6.07) is 10.2. The SMILES string of the molecule is O=C1C[C@H]2[C@@H](COC[C@@H]2N2CCCC2)N(Cc2ccccc2)C1=O. The van der Waals surface area contributed by atoms with Crippen LogP contribution in [0.15, 0.2) is 30.3 Å². The molecule has 0 N–H and O–H groups in total. The smallest absolute Gasteiger partial charge is 0.290 e. The lowest BCUT2D eigenvalue weighted by molar-refractivity contribution is -0.161. The Morgan fingerprint density at radius 2 is 1.71 bits per heavy atom. The molecule has 5 nitrogen and oxygen atoms in total. The second-order valence-corrected chi connectivity index (χ2v) is 7.13. The van der Waals surface area contributed by atoms with Crippen molar-refractivity contribution in [1.29, 1.82) is 0 Å². The zero-order valence-electron chi connectivity index (χ0n) is 13.9. The number of rotatable bonds is 3. The van der Waals surface area contributed by atoms with Crippen LogP contribution >= 0.6 is 0 Å². The van der Waals surface area contributed by atoms with Crippen LogP contribution in [0.3, 0.4) is 0 Å². The van der Waals surface area contributed by atoms with Crippen LogP contribution in [-0.4, -0.2) is 59.9 Å². The second kappa shape index (κ2) is 6.65. The minimum Gasteiger partial charge on any atom is -0.378 e. The average molecular weight is 328 g/mol. The van der Waals surface area contributed by atoms with E-state index in [4.69, 9.17) is 4.74 Å². The normalized spacial score (nSPS) is 31.3. The molecule has 3 saturated heterocycles. The maximum absolute atomic E-state index is 12.5. The number of ether oxygens (including phenoxy) is 1. The molecule has 3 aliphatic heterocycles. The van der Waals surface area contributed by atoms with Crippen LogP contribution in [0.2, 0.25) is 0 Å². The van der Waals surface area contributed by atoms with Gasteiger partial charge in [-0.1, -0.05) is 30.3 Å². The summed E-state index contributed by atoms with van der Waals surface area (Å²) in [7, 11) is 0. The third-order valence-electron chi connectivity index (χ3n) is 5.69. The summed E-state index contributed by atoms with van der Waals surface area (Å²) in [5.41, 5.74) is 1.06. The van der Waals surface area contributed by atoms with Crippen molar-refractivity contribution in [1.82, 2.24) is 9.80 Å². The van der Waals surface area contributed by atoms with Crippen molar-refractivity contribution in [3.8, 4) is 0 Å². The van der Waals surface area contributed by atoms with Gasteiger partial charge < -0.3 is 9.64 Å². The van der Waals surface area contributed by atoms with Crippen LogP contribution in [0.25, 0.3) is 0 Å². The number of benzene rings is 1. The highest BCUT2D eigenvalue weighted by molar-refractivity contribution is 6.36. The first-order valence-corrected chi connectivity index (χ1v) is 8.93. The standard InChI is InChI=1S/C19H24N2O3/c22-18-10-15-16(20-8-4-5-9-20)12-24-13-17(15)21(19(18)23)11-14-6-2-1-3-7-14/h1-3,6-7,15-17H,4-5,8-13H2/t15-,16+,17-/m1/s1. The molecule has 0 radical (unpaired) electrons. The number of carbonyl (C=O) groups excluding carboxylic acids is 2. The molecule has 0 unspecified atom stereocenters. The van der Waals surface area contributed by atoms with Gasteiger partial charge in [-0.05, 0) is 31.5 Å². The molecule has 1 aromatic carbocycles. The molecule has 5 heteroatoms. The Kier molecular flexibility index (Phi) is 4.37. The van der Waals surface area contributed by atoms with E-state index in [1.54, 1.807) is 4.90 Å². The van der Waals surface area contributed by atoms with Gasteiger partial charge in [-0.15, -0.1) is 0 Å². The van der Waals surface area contributed by atoms with E-state index in [1.807, 2.05) is 30.3 Å². The van der Waals surface area contributed by atoms with Gasteiger partial charge in [0.25, 0.3) is 5.91 Å². The highest BCUT2D eigenvalue weighted by atomic mass is 16.5. The predicted molar refractivity (Wildman–Crippen MR) is 89.3 cm³/mol. The van der Waals surface area contributed by atoms with Gasteiger partial charge in [-0.3, -0.25) is 14.5 Å². The molecule has 0 aromatic heterocycles. The molecule has 0 spiro atoms. The van der Waals surface area contributed by atoms with Gasteiger partial charge in [0.1, 0.15) is 0 Å². The van der Waals surface area contributed by atoms with Gasteiger partial charge >= 0.3 is 0 Å². The van der Waals surface area contributed by atoms with E-state index in [-0.39, 0.29) is 29.7 Å². The van der Waals surface area contributed by atoms with Crippen molar-refractivity contribution in [3.63, 3.8) is 0 Å². The molecule has 24 heavy (non-hydrogen) atoms. The molecule has 3 fully saturated rings. The van der Waals surface area contributed by atoms with Crippen LogP contribution in [-0.2, 0) is 20.9 Å². The molecule has 0 saturated carbocycles. The van der Waals surface area contributed by atoms with Gasteiger partial charge in [0, 0.05) is 24.9 Å². The van der Waals surface area contributed by atoms with Crippen molar-refractivity contribution in [3.05, 3.63) is 35.9 Å². The average Bonchev–Trinajstić information content (AvgIpc) is 3.14. The Hall–Kier alpha value is -1.72. The van der Waals surface area contributed by atoms with Crippen molar-refractivity contribution in [2.24, 2.45) is 5.92 Å². The number of hydrogen-bond donors (Lipinski definition) is 0. The largest absolute Gasteiger partial charge is 0.378 e. The predicted octanol–water partition coefficient (Wildman–Crippen LogP) is 1.47. The van der Waals surface area contributed by atoms with E-state index in [9.17, 15) is 9.59 Å². The summed E-state index contributed by atoms with van der Waals surface area (Å²) in [6.45, 7) is 3.88. The molecule has 0 bridgehead atoms. The highest BCUT2D eigenvalue weighted by Gasteiger charge is 2.48. The second-order valence-electron chi connectivity index (χ2n) is 7.13. The monoisotopic (exact) mass is 328 g/mol. The molecule has 3 atom stereocenters. The van der Waals surface area contributed by atoms with Gasteiger partial charge in [0.15, 0.2) is 0 Å². The highest BCUT2D eigenvalue weighted by Crippen LogP contribution is 2.34. The van der Waals surface area contributed by atoms with E-state index >= 15 is 0 Å². The minimum atomic E-state index is -0.342. The number of hydrogen-bond acceptors (Lipinski definition) is 4. The van der Waals surface area contributed by atoms with Crippen molar-refractivity contribution in [2.75, 3.05) is 26.3 Å². The Morgan fingerprint density at radius 3 is 2.46 bits per heavy atom. The van der Waals surface area contributed by atoms with Crippen LogP contribution in [0.5, 0.6) is 0 Å². The van der Waals surface area contributed by atoms with Gasteiger partial charge in [-0.2, -0.15) is 0 Å². The quantitative estimate of drug-likeness (QED) is 0.789. The summed E-state index contributed by atoms with van der Waals surface area (Å²) in [5.74, 6) is -0.380. The number of fused-ring (bicyclic) bond motifs is 1. The zero-order chi connectivity index (χ0) is 16.5. The van der Waals surface area contributed by atoms with E-state index in [0.717, 1.165) is 18.7 Å². The third-order valence-corrected chi connectivity index (χ3v) is 5.69. The summed E-state index contributed by atoms with van der Waals surface area (Å²) in [4.78, 5) is 29.1. The lowest BCUT2D eigenvalue weighted by atomic mass is 9.80. The molecule has 4 rings (SSSR count). The minimum absolute atomic E-state index is 0.00903.